The van der Waals surface area contributed by atoms with Gasteiger partial charge in [-0.1, -0.05) is 13.8 Å². The molecule has 1 amide bonds. The summed E-state index contributed by atoms with van der Waals surface area (Å²) in [4.78, 5) is 13.3. The van der Waals surface area contributed by atoms with Gasteiger partial charge in [0.05, 0.1) is 0 Å². The van der Waals surface area contributed by atoms with Crippen LogP contribution in [0.4, 0.5) is 0 Å². The second-order valence-electron chi connectivity index (χ2n) is 3.17. The van der Waals surface area contributed by atoms with E-state index >= 15 is 0 Å². The third kappa shape index (κ3) is 1.61. The molecule has 1 fully saturated rings. The van der Waals surface area contributed by atoms with Crippen LogP contribution >= 0.6 is 0 Å². The van der Waals surface area contributed by atoms with Gasteiger partial charge in [-0.2, -0.15) is 0 Å². The van der Waals surface area contributed by atoms with Gasteiger partial charge in [0.2, 0.25) is 0 Å². The maximum Gasteiger partial charge on any atom is 0.253 e. The molecule has 1 heterocycles. The lowest BCUT2D eigenvalue weighted by molar-refractivity contribution is -0.130. The fourth-order valence-electron chi connectivity index (χ4n) is 1.55. The largest absolute Gasteiger partial charge is 0.346 e. The number of nitrogens with zero attached hydrogens (tertiary/aromatic N) is 1. The number of amides is 1. The molecule has 1 saturated heterocycles. The summed E-state index contributed by atoms with van der Waals surface area (Å²) in [6.45, 7) is 6.75. The second-order valence-corrected chi connectivity index (χ2v) is 3.17. The highest BCUT2D eigenvalue weighted by atomic mass is 16.5. The van der Waals surface area contributed by atoms with Gasteiger partial charge in [0, 0.05) is 6.54 Å². The Kier molecular flexibility index (Phi) is 3.09. The Morgan fingerprint density at radius 3 is 2.67 bits per heavy atom. The molecule has 0 bridgehead atoms. The minimum atomic E-state index is -0.235. The number of carbonyl (C=O) groups excluding carboxylic acids is 1. The topological polar surface area (TPSA) is 29.5 Å². The van der Waals surface area contributed by atoms with Crippen molar-refractivity contribution in [2.24, 2.45) is 0 Å². The Hall–Kier alpha value is -0.570. The zero-order valence-electron chi connectivity index (χ0n) is 8.04. The molecule has 0 spiro atoms. The molecule has 0 aliphatic carbocycles. The zero-order valence-corrected chi connectivity index (χ0v) is 8.04. The highest BCUT2D eigenvalue weighted by Crippen LogP contribution is 2.19. The average Bonchev–Trinajstić information content (AvgIpc) is 2.33. The first kappa shape index (κ1) is 9.52. The monoisotopic (exact) mass is 171 g/mol. The Bertz CT molecular complexity index is 170. The summed E-state index contributed by atoms with van der Waals surface area (Å²) in [5.74, 6) is 0.142. The molecule has 0 aromatic rings. The van der Waals surface area contributed by atoms with Gasteiger partial charge >= 0.3 is 0 Å². The van der Waals surface area contributed by atoms with Crippen molar-refractivity contribution in [2.75, 3.05) is 6.54 Å². The lowest BCUT2D eigenvalue weighted by atomic mass is 10.3. The first-order valence-corrected chi connectivity index (χ1v) is 4.66. The van der Waals surface area contributed by atoms with Crippen molar-refractivity contribution in [1.82, 2.24) is 4.90 Å². The standard InChI is InChI=1S/C9H17NO2/c1-4-6-10-8(5-2)12-7(3)9(10)11/h7-8H,4-6H2,1-3H3. The molecule has 2 atom stereocenters. The molecule has 3 heteroatoms. The van der Waals surface area contributed by atoms with E-state index in [1.165, 1.54) is 0 Å². The molecule has 70 valence electrons. The van der Waals surface area contributed by atoms with Crippen molar-refractivity contribution in [3.63, 3.8) is 0 Å². The van der Waals surface area contributed by atoms with E-state index in [1.54, 1.807) is 0 Å². The van der Waals surface area contributed by atoms with Crippen LogP contribution in [0.15, 0.2) is 0 Å². The van der Waals surface area contributed by atoms with E-state index in [2.05, 4.69) is 6.92 Å². The number of hydrogen-bond acceptors (Lipinski definition) is 2. The average molecular weight is 171 g/mol. The van der Waals surface area contributed by atoms with Crippen molar-refractivity contribution < 1.29 is 9.53 Å². The van der Waals surface area contributed by atoms with Gasteiger partial charge in [-0.15, -0.1) is 0 Å². The van der Waals surface area contributed by atoms with Crippen LogP contribution in [0.1, 0.15) is 33.6 Å². The summed E-state index contributed by atoms with van der Waals surface area (Å²) < 4.78 is 5.46. The highest BCUT2D eigenvalue weighted by Gasteiger charge is 2.35. The van der Waals surface area contributed by atoms with Crippen molar-refractivity contribution in [2.45, 2.75) is 45.9 Å². The molecule has 3 nitrogen and oxygen atoms in total. The van der Waals surface area contributed by atoms with E-state index in [4.69, 9.17) is 4.74 Å². The van der Waals surface area contributed by atoms with Crippen LogP contribution in [-0.2, 0) is 9.53 Å². The number of carbonyl (C=O) groups is 1. The summed E-state index contributed by atoms with van der Waals surface area (Å²) in [5, 5.41) is 0. The first-order valence-electron chi connectivity index (χ1n) is 4.66. The molecule has 0 radical (unpaired) electrons. The summed E-state index contributed by atoms with van der Waals surface area (Å²) >= 11 is 0. The predicted octanol–water partition coefficient (Wildman–Crippen LogP) is 1.38. The Balaban J connectivity index is 2.60. The second kappa shape index (κ2) is 3.90. The summed E-state index contributed by atoms with van der Waals surface area (Å²) in [7, 11) is 0. The van der Waals surface area contributed by atoms with E-state index in [-0.39, 0.29) is 18.2 Å². The summed E-state index contributed by atoms with van der Waals surface area (Å²) in [6, 6.07) is 0. The highest BCUT2D eigenvalue weighted by molar-refractivity contribution is 5.82. The van der Waals surface area contributed by atoms with E-state index in [0.717, 1.165) is 19.4 Å². The van der Waals surface area contributed by atoms with E-state index in [1.807, 2.05) is 18.7 Å². The molecule has 0 N–H and O–H groups in total. The molecule has 0 saturated carbocycles. The van der Waals surface area contributed by atoms with Crippen LogP contribution in [0.2, 0.25) is 0 Å². The minimum Gasteiger partial charge on any atom is -0.346 e. The van der Waals surface area contributed by atoms with Gasteiger partial charge in [0.25, 0.3) is 5.91 Å². The molecule has 0 aromatic heterocycles. The molecule has 12 heavy (non-hydrogen) atoms. The quantitative estimate of drug-likeness (QED) is 0.642. The van der Waals surface area contributed by atoms with Gasteiger partial charge < -0.3 is 9.64 Å². The van der Waals surface area contributed by atoms with Crippen molar-refractivity contribution in [1.29, 1.82) is 0 Å². The van der Waals surface area contributed by atoms with E-state index in [0.29, 0.717) is 0 Å². The molecular formula is C9H17NO2. The smallest absolute Gasteiger partial charge is 0.253 e. The lowest BCUT2D eigenvalue weighted by Crippen LogP contribution is -2.34. The van der Waals surface area contributed by atoms with Crippen molar-refractivity contribution in [3.05, 3.63) is 0 Å². The number of ether oxygens (including phenoxy) is 1. The molecule has 1 aliphatic rings. The zero-order chi connectivity index (χ0) is 9.14. The van der Waals surface area contributed by atoms with Crippen LogP contribution < -0.4 is 0 Å². The minimum absolute atomic E-state index is 0.0208. The van der Waals surface area contributed by atoms with Crippen LogP contribution in [0.25, 0.3) is 0 Å². The fourth-order valence-corrected chi connectivity index (χ4v) is 1.55. The van der Waals surface area contributed by atoms with Crippen LogP contribution in [0, 0.1) is 0 Å². The summed E-state index contributed by atoms with van der Waals surface area (Å²) in [6.07, 6.45) is 1.67. The van der Waals surface area contributed by atoms with Crippen LogP contribution in [0.5, 0.6) is 0 Å². The van der Waals surface area contributed by atoms with Gasteiger partial charge in [0.15, 0.2) is 0 Å². The van der Waals surface area contributed by atoms with Crippen molar-refractivity contribution in [3.8, 4) is 0 Å². The van der Waals surface area contributed by atoms with Gasteiger partial charge in [-0.25, -0.2) is 0 Å². The van der Waals surface area contributed by atoms with Crippen LogP contribution in [-0.4, -0.2) is 29.7 Å². The maximum absolute atomic E-state index is 11.5. The molecule has 1 aliphatic heterocycles. The third-order valence-corrected chi connectivity index (χ3v) is 2.15. The summed E-state index contributed by atoms with van der Waals surface area (Å²) in [5.41, 5.74) is 0. The normalized spacial score (nSPS) is 29.9. The van der Waals surface area contributed by atoms with Crippen molar-refractivity contribution >= 4 is 5.91 Å². The molecular weight excluding hydrogens is 154 g/mol. The lowest BCUT2D eigenvalue weighted by Gasteiger charge is -2.20. The Labute approximate surface area is 73.7 Å². The fraction of sp³-hybridized carbons (Fsp3) is 0.889. The van der Waals surface area contributed by atoms with Crippen LogP contribution in [0.3, 0.4) is 0 Å². The first-order chi connectivity index (χ1) is 5.70. The molecule has 2 unspecified atom stereocenters. The Morgan fingerprint density at radius 1 is 1.50 bits per heavy atom. The maximum atomic E-state index is 11.5. The predicted molar refractivity (Wildman–Crippen MR) is 46.6 cm³/mol. The molecule has 1 rings (SSSR count). The van der Waals surface area contributed by atoms with Gasteiger partial charge in [0.1, 0.15) is 12.3 Å². The van der Waals surface area contributed by atoms with E-state index < -0.39 is 0 Å². The SMILES string of the molecule is CCCN1C(=O)C(C)OC1CC. The van der Waals surface area contributed by atoms with Gasteiger partial charge in [-0.3, -0.25) is 4.79 Å². The number of hydrogen-bond donors (Lipinski definition) is 0. The third-order valence-electron chi connectivity index (χ3n) is 2.15. The van der Waals surface area contributed by atoms with E-state index in [9.17, 15) is 4.79 Å². The van der Waals surface area contributed by atoms with Gasteiger partial charge in [-0.05, 0) is 19.8 Å². The Morgan fingerprint density at radius 2 is 2.17 bits per heavy atom. The molecule has 0 aromatic carbocycles. The number of rotatable bonds is 3.